The lowest BCUT2D eigenvalue weighted by molar-refractivity contribution is 0.0697. The number of rotatable bonds is 3. The first-order valence-electron chi connectivity index (χ1n) is 5.67. The Morgan fingerprint density at radius 1 is 1.19 bits per heavy atom. The number of nitrogens with one attached hydrogen (secondary N) is 1. The molecule has 0 aromatic heterocycles. The van der Waals surface area contributed by atoms with Gasteiger partial charge in [-0.25, -0.2) is 9.18 Å². The Morgan fingerprint density at radius 3 is 2.52 bits per heavy atom. The molecule has 4 nitrogen and oxygen atoms in total. The maximum atomic E-state index is 13.1. The summed E-state index contributed by atoms with van der Waals surface area (Å²) in [6.45, 7) is 0. The molecule has 7 heteroatoms. The minimum atomic E-state index is -1.33. The molecule has 0 radical (unpaired) electrons. The highest BCUT2D eigenvalue weighted by molar-refractivity contribution is 9.10. The van der Waals surface area contributed by atoms with Crippen molar-refractivity contribution in [3.8, 4) is 0 Å². The summed E-state index contributed by atoms with van der Waals surface area (Å²) < 4.78 is 13.7. The topological polar surface area (TPSA) is 66.4 Å². The number of carboxylic acids is 1. The number of hydrogen-bond acceptors (Lipinski definition) is 2. The number of carbonyl (C=O) groups excluding carboxylic acids is 1. The Labute approximate surface area is 132 Å². The highest BCUT2D eigenvalue weighted by Gasteiger charge is 2.15. The highest BCUT2D eigenvalue weighted by Crippen LogP contribution is 2.24. The van der Waals surface area contributed by atoms with Gasteiger partial charge < -0.3 is 10.4 Å². The van der Waals surface area contributed by atoms with E-state index in [2.05, 4.69) is 21.2 Å². The largest absolute Gasteiger partial charge is 0.478 e. The zero-order valence-corrected chi connectivity index (χ0v) is 12.7. The van der Waals surface area contributed by atoms with Crippen LogP contribution in [0, 0.1) is 5.82 Å². The zero-order valence-electron chi connectivity index (χ0n) is 10.4. The van der Waals surface area contributed by atoms with E-state index in [4.69, 9.17) is 16.7 Å². The Kier molecular flexibility index (Phi) is 4.59. The number of halogens is 3. The predicted octanol–water partition coefficient (Wildman–Crippen LogP) is 4.19. The second-order valence-corrected chi connectivity index (χ2v) is 5.34. The monoisotopic (exact) mass is 371 g/mol. The van der Waals surface area contributed by atoms with Gasteiger partial charge >= 0.3 is 5.97 Å². The molecule has 2 aromatic carbocycles. The summed E-state index contributed by atoms with van der Waals surface area (Å²) in [5, 5.41) is 11.8. The first-order chi connectivity index (χ1) is 9.88. The van der Waals surface area contributed by atoms with Crippen LogP contribution < -0.4 is 5.32 Å². The number of carboxylic acid groups (broad SMARTS) is 1. The third kappa shape index (κ3) is 3.59. The number of aromatic carboxylic acids is 1. The Balaban J connectivity index is 2.31. The van der Waals surface area contributed by atoms with E-state index in [9.17, 15) is 14.0 Å². The Bertz CT molecular complexity index is 736. The molecule has 0 fully saturated rings. The van der Waals surface area contributed by atoms with Gasteiger partial charge in [-0.1, -0.05) is 11.6 Å². The standard InChI is InChI=1S/C14H8BrClFNO3/c15-10-3-1-7(5-11(10)16)13(19)18-12-4-2-8(17)6-9(12)14(20)21/h1-6H,(H,18,19)(H,20,21). The lowest BCUT2D eigenvalue weighted by atomic mass is 10.1. The van der Waals surface area contributed by atoms with Gasteiger partial charge in [0.25, 0.3) is 5.91 Å². The van der Waals surface area contributed by atoms with E-state index in [1.807, 2.05) is 0 Å². The van der Waals surface area contributed by atoms with Gasteiger partial charge in [0.2, 0.25) is 0 Å². The summed E-state index contributed by atoms with van der Waals surface area (Å²) in [6, 6.07) is 7.65. The summed E-state index contributed by atoms with van der Waals surface area (Å²) in [4.78, 5) is 23.1. The quantitative estimate of drug-likeness (QED) is 0.849. The second kappa shape index (κ2) is 6.24. The summed E-state index contributed by atoms with van der Waals surface area (Å²) in [5.41, 5.74) is -0.0663. The van der Waals surface area contributed by atoms with Gasteiger partial charge in [0.05, 0.1) is 16.3 Å². The molecule has 0 saturated heterocycles. The van der Waals surface area contributed by atoms with Gasteiger partial charge in [-0.05, 0) is 52.3 Å². The molecular weight excluding hydrogens is 365 g/mol. The number of carbonyl (C=O) groups is 2. The van der Waals surface area contributed by atoms with Crippen molar-refractivity contribution in [3.63, 3.8) is 0 Å². The maximum Gasteiger partial charge on any atom is 0.337 e. The van der Waals surface area contributed by atoms with Crippen LogP contribution in [0.5, 0.6) is 0 Å². The molecule has 1 amide bonds. The first kappa shape index (κ1) is 15.5. The molecule has 0 aliphatic rings. The lowest BCUT2D eigenvalue weighted by Gasteiger charge is -2.09. The van der Waals surface area contributed by atoms with E-state index in [1.165, 1.54) is 18.2 Å². The molecule has 0 aliphatic carbocycles. The van der Waals surface area contributed by atoms with Crippen LogP contribution in [0.15, 0.2) is 40.9 Å². The fourth-order valence-electron chi connectivity index (χ4n) is 1.63. The van der Waals surface area contributed by atoms with Crippen LogP contribution >= 0.6 is 27.5 Å². The Morgan fingerprint density at radius 2 is 1.90 bits per heavy atom. The average molecular weight is 373 g/mol. The fourth-order valence-corrected chi connectivity index (χ4v) is 2.06. The van der Waals surface area contributed by atoms with Crippen LogP contribution in [-0.4, -0.2) is 17.0 Å². The van der Waals surface area contributed by atoms with Gasteiger partial charge in [0, 0.05) is 10.0 Å². The third-order valence-corrected chi connectivity index (χ3v) is 3.87. The minimum absolute atomic E-state index is 0.00735. The number of anilines is 1. The predicted molar refractivity (Wildman–Crippen MR) is 80.5 cm³/mol. The van der Waals surface area contributed by atoms with Crippen molar-refractivity contribution in [2.24, 2.45) is 0 Å². The average Bonchev–Trinajstić information content (AvgIpc) is 2.43. The molecule has 0 heterocycles. The lowest BCUT2D eigenvalue weighted by Crippen LogP contribution is -2.15. The van der Waals surface area contributed by atoms with Crippen molar-refractivity contribution >= 4 is 45.1 Å². The molecule has 0 unspecified atom stereocenters. The van der Waals surface area contributed by atoms with Crippen molar-refractivity contribution < 1.29 is 19.1 Å². The van der Waals surface area contributed by atoms with Crippen LogP contribution in [0.3, 0.4) is 0 Å². The van der Waals surface area contributed by atoms with E-state index in [-0.39, 0.29) is 16.8 Å². The summed E-state index contributed by atoms with van der Waals surface area (Å²) in [5.74, 6) is -2.57. The van der Waals surface area contributed by atoms with Crippen LogP contribution in [0.2, 0.25) is 5.02 Å². The third-order valence-electron chi connectivity index (χ3n) is 2.64. The molecule has 2 N–H and O–H groups in total. The van der Waals surface area contributed by atoms with Crippen molar-refractivity contribution in [1.29, 1.82) is 0 Å². The fraction of sp³-hybridized carbons (Fsp3) is 0. The molecule has 2 rings (SSSR count). The second-order valence-electron chi connectivity index (χ2n) is 4.08. The van der Waals surface area contributed by atoms with E-state index >= 15 is 0 Å². The van der Waals surface area contributed by atoms with Crippen LogP contribution in [0.4, 0.5) is 10.1 Å². The maximum absolute atomic E-state index is 13.1. The van der Waals surface area contributed by atoms with E-state index in [0.717, 1.165) is 12.1 Å². The normalized spacial score (nSPS) is 10.2. The number of hydrogen-bond donors (Lipinski definition) is 2. The molecular formula is C14H8BrClFNO3. The summed E-state index contributed by atoms with van der Waals surface area (Å²) >= 11 is 9.09. The van der Waals surface area contributed by atoms with Gasteiger partial charge in [-0.3, -0.25) is 4.79 Å². The molecule has 0 aliphatic heterocycles. The molecule has 0 atom stereocenters. The van der Waals surface area contributed by atoms with Crippen LogP contribution in [0.1, 0.15) is 20.7 Å². The SMILES string of the molecule is O=C(Nc1ccc(F)cc1C(=O)O)c1ccc(Br)c(Cl)c1. The molecule has 0 saturated carbocycles. The van der Waals surface area contributed by atoms with Gasteiger partial charge in [0.15, 0.2) is 0 Å². The molecule has 2 aromatic rings. The van der Waals surface area contributed by atoms with E-state index < -0.39 is 17.7 Å². The molecule has 21 heavy (non-hydrogen) atoms. The smallest absolute Gasteiger partial charge is 0.337 e. The Hall–Kier alpha value is -1.92. The zero-order chi connectivity index (χ0) is 15.6. The van der Waals surface area contributed by atoms with Gasteiger partial charge in [0.1, 0.15) is 5.82 Å². The molecule has 0 spiro atoms. The number of benzene rings is 2. The minimum Gasteiger partial charge on any atom is -0.478 e. The first-order valence-corrected chi connectivity index (χ1v) is 6.85. The summed E-state index contributed by atoms with van der Waals surface area (Å²) in [7, 11) is 0. The molecule has 108 valence electrons. The van der Waals surface area contributed by atoms with Crippen molar-refractivity contribution in [1.82, 2.24) is 0 Å². The van der Waals surface area contributed by atoms with Gasteiger partial charge in [-0.15, -0.1) is 0 Å². The summed E-state index contributed by atoms with van der Waals surface area (Å²) in [6.07, 6.45) is 0. The molecule has 0 bridgehead atoms. The van der Waals surface area contributed by atoms with Crippen LogP contribution in [-0.2, 0) is 0 Å². The van der Waals surface area contributed by atoms with Crippen molar-refractivity contribution in [2.75, 3.05) is 5.32 Å². The van der Waals surface area contributed by atoms with Gasteiger partial charge in [-0.2, -0.15) is 0 Å². The van der Waals surface area contributed by atoms with Crippen molar-refractivity contribution in [2.45, 2.75) is 0 Å². The van der Waals surface area contributed by atoms with Crippen LogP contribution in [0.25, 0.3) is 0 Å². The van der Waals surface area contributed by atoms with Crippen molar-refractivity contribution in [3.05, 3.63) is 62.8 Å². The van der Waals surface area contributed by atoms with E-state index in [0.29, 0.717) is 9.50 Å². The number of amides is 1. The van der Waals surface area contributed by atoms with E-state index in [1.54, 1.807) is 6.07 Å². The highest BCUT2D eigenvalue weighted by atomic mass is 79.9.